The van der Waals surface area contributed by atoms with Crippen LogP contribution in [0.25, 0.3) is 5.69 Å². The fraction of sp³-hybridized carbons (Fsp3) is 0.0800. The Morgan fingerprint density at radius 2 is 1.82 bits per heavy atom. The number of aromatic nitrogens is 2. The van der Waals surface area contributed by atoms with Gasteiger partial charge >= 0.3 is 0 Å². The molecule has 4 aromatic rings. The van der Waals surface area contributed by atoms with Crippen molar-refractivity contribution in [1.29, 1.82) is 5.26 Å². The molecule has 6 nitrogen and oxygen atoms in total. The molecule has 0 atom stereocenters. The summed E-state index contributed by atoms with van der Waals surface area (Å²) in [5, 5.41) is 13.1. The number of benzene rings is 3. The van der Waals surface area contributed by atoms with Gasteiger partial charge in [0.2, 0.25) is 0 Å². The Kier molecular flexibility index (Phi) is 5.07. The minimum atomic E-state index is -1.01. The largest absolute Gasteiger partial charge is 0.450 e. The Labute approximate surface area is 187 Å². The predicted octanol–water partition coefficient (Wildman–Crippen LogP) is 4.97. The zero-order chi connectivity index (χ0) is 22.9. The van der Waals surface area contributed by atoms with Gasteiger partial charge in [0.1, 0.15) is 5.75 Å². The van der Waals surface area contributed by atoms with Crippen LogP contribution in [-0.2, 0) is 13.1 Å². The van der Waals surface area contributed by atoms with E-state index in [1.54, 1.807) is 34.0 Å². The fourth-order valence-electron chi connectivity index (χ4n) is 3.83. The minimum Gasteiger partial charge on any atom is -0.450 e. The molecule has 162 valence electrons. The number of fused-ring (bicyclic) bond motifs is 1. The van der Waals surface area contributed by atoms with Crippen LogP contribution in [-0.4, -0.2) is 20.6 Å². The maximum Gasteiger partial charge on any atom is 0.258 e. The van der Waals surface area contributed by atoms with Crippen molar-refractivity contribution in [2.75, 3.05) is 0 Å². The van der Waals surface area contributed by atoms with Crippen LogP contribution in [0.2, 0.25) is 0 Å². The van der Waals surface area contributed by atoms with E-state index in [1.807, 2.05) is 36.5 Å². The summed E-state index contributed by atoms with van der Waals surface area (Å²) in [7, 11) is 0. The Morgan fingerprint density at radius 3 is 2.48 bits per heavy atom. The Balaban J connectivity index is 1.38. The average Bonchev–Trinajstić information content (AvgIpc) is 3.46. The van der Waals surface area contributed by atoms with Crippen LogP contribution in [0.3, 0.4) is 0 Å². The maximum absolute atomic E-state index is 14.3. The van der Waals surface area contributed by atoms with Crippen LogP contribution in [0.4, 0.5) is 8.78 Å². The Morgan fingerprint density at radius 1 is 1.06 bits per heavy atom. The number of rotatable bonds is 5. The zero-order valence-corrected chi connectivity index (χ0v) is 17.2. The van der Waals surface area contributed by atoms with Crippen LogP contribution in [0.5, 0.6) is 11.5 Å². The van der Waals surface area contributed by atoms with Crippen molar-refractivity contribution in [1.82, 2.24) is 14.7 Å². The highest BCUT2D eigenvalue weighted by atomic mass is 19.1. The SMILES string of the molecule is N#Cc1cc(F)c(Oc2cccc3c2C(=O)N(Cc2ccc(-n4cccn4)cc2)C3)c(F)c1. The lowest BCUT2D eigenvalue weighted by Crippen LogP contribution is -2.23. The first-order chi connectivity index (χ1) is 16.0. The summed E-state index contributed by atoms with van der Waals surface area (Å²) in [6, 6.07) is 17.9. The van der Waals surface area contributed by atoms with E-state index in [2.05, 4.69) is 5.10 Å². The number of nitrogens with zero attached hydrogens (tertiary/aromatic N) is 4. The van der Waals surface area contributed by atoms with Crippen LogP contribution >= 0.6 is 0 Å². The van der Waals surface area contributed by atoms with Gasteiger partial charge in [0.25, 0.3) is 5.91 Å². The van der Waals surface area contributed by atoms with Gasteiger partial charge in [-0.25, -0.2) is 13.5 Å². The van der Waals surface area contributed by atoms with Gasteiger partial charge in [-0.3, -0.25) is 4.79 Å². The molecule has 0 N–H and O–H groups in total. The molecule has 1 amide bonds. The first-order valence-electron chi connectivity index (χ1n) is 10.1. The molecule has 0 fully saturated rings. The van der Waals surface area contributed by atoms with Crippen molar-refractivity contribution in [2.24, 2.45) is 0 Å². The second-order valence-electron chi connectivity index (χ2n) is 7.55. The first-order valence-corrected chi connectivity index (χ1v) is 10.1. The van der Waals surface area contributed by atoms with E-state index in [0.29, 0.717) is 18.7 Å². The molecular weight excluding hydrogens is 426 g/mol. The Hall–Kier alpha value is -4.51. The number of ether oxygens (including phenoxy) is 1. The third-order valence-electron chi connectivity index (χ3n) is 5.39. The lowest BCUT2D eigenvalue weighted by molar-refractivity contribution is 0.0764. The molecule has 1 aromatic heterocycles. The topological polar surface area (TPSA) is 71.2 Å². The number of hydrogen-bond acceptors (Lipinski definition) is 4. The lowest BCUT2D eigenvalue weighted by Gasteiger charge is -2.16. The van der Waals surface area contributed by atoms with E-state index in [0.717, 1.165) is 23.4 Å². The summed E-state index contributed by atoms with van der Waals surface area (Å²) in [6.07, 6.45) is 3.54. The molecule has 33 heavy (non-hydrogen) atoms. The van der Waals surface area contributed by atoms with E-state index in [-0.39, 0.29) is 22.8 Å². The van der Waals surface area contributed by atoms with Crippen molar-refractivity contribution in [3.8, 4) is 23.3 Å². The van der Waals surface area contributed by atoms with Gasteiger partial charge in [-0.05, 0) is 47.5 Å². The van der Waals surface area contributed by atoms with Gasteiger partial charge in [0.15, 0.2) is 17.4 Å². The normalized spacial score (nSPS) is 12.5. The molecule has 1 aliphatic heterocycles. The number of carbonyl (C=O) groups excluding carboxylic acids is 1. The van der Waals surface area contributed by atoms with Gasteiger partial charge in [-0.2, -0.15) is 10.4 Å². The van der Waals surface area contributed by atoms with E-state index in [4.69, 9.17) is 10.00 Å². The van der Waals surface area contributed by atoms with Gasteiger partial charge < -0.3 is 9.64 Å². The number of hydrogen-bond donors (Lipinski definition) is 0. The quantitative estimate of drug-likeness (QED) is 0.438. The smallest absolute Gasteiger partial charge is 0.258 e. The molecule has 8 heteroatoms. The molecule has 3 aromatic carbocycles. The van der Waals surface area contributed by atoms with Crippen LogP contribution in [0.15, 0.2) is 73.1 Å². The molecule has 1 aliphatic rings. The highest BCUT2D eigenvalue weighted by Crippen LogP contribution is 2.36. The van der Waals surface area contributed by atoms with Gasteiger partial charge in [0.05, 0.1) is 22.9 Å². The molecular formula is C25H16F2N4O2. The third-order valence-corrected chi connectivity index (χ3v) is 5.39. The molecule has 2 heterocycles. The summed E-state index contributed by atoms with van der Waals surface area (Å²) in [6.45, 7) is 0.719. The van der Waals surface area contributed by atoms with E-state index < -0.39 is 17.4 Å². The molecule has 0 unspecified atom stereocenters. The van der Waals surface area contributed by atoms with Crippen molar-refractivity contribution in [3.05, 3.63) is 107 Å². The van der Waals surface area contributed by atoms with Crippen molar-refractivity contribution < 1.29 is 18.3 Å². The molecule has 0 spiro atoms. The van der Waals surface area contributed by atoms with Crippen molar-refractivity contribution in [3.63, 3.8) is 0 Å². The number of halogens is 2. The summed E-state index contributed by atoms with van der Waals surface area (Å²) in [4.78, 5) is 14.8. The summed E-state index contributed by atoms with van der Waals surface area (Å²) < 4.78 is 35.9. The second kappa shape index (κ2) is 8.20. The standard InChI is InChI=1S/C25H16F2N4O2/c26-20-11-17(13-28)12-21(27)24(20)33-22-4-1-3-18-15-30(25(32)23(18)22)14-16-5-7-19(8-6-16)31-10-2-9-29-31/h1-12H,14-15H2. The van der Waals surface area contributed by atoms with Crippen molar-refractivity contribution >= 4 is 5.91 Å². The molecule has 0 bridgehead atoms. The minimum absolute atomic E-state index is 0.0662. The monoisotopic (exact) mass is 442 g/mol. The summed E-state index contributed by atoms with van der Waals surface area (Å²) >= 11 is 0. The molecule has 0 aliphatic carbocycles. The van der Waals surface area contributed by atoms with Gasteiger partial charge in [-0.1, -0.05) is 24.3 Å². The Bertz CT molecular complexity index is 1370. The fourth-order valence-corrected chi connectivity index (χ4v) is 3.83. The number of carbonyl (C=O) groups is 1. The lowest BCUT2D eigenvalue weighted by atomic mass is 10.1. The number of amides is 1. The third kappa shape index (κ3) is 3.81. The summed E-state index contributed by atoms with van der Waals surface area (Å²) in [5.41, 5.74) is 2.66. The van der Waals surface area contributed by atoms with E-state index in [1.165, 1.54) is 6.07 Å². The highest BCUT2D eigenvalue weighted by molar-refractivity contribution is 6.01. The number of nitriles is 1. The molecule has 5 rings (SSSR count). The van der Waals surface area contributed by atoms with Crippen LogP contribution < -0.4 is 4.74 Å². The van der Waals surface area contributed by atoms with E-state index in [9.17, 15) is 13.6 Å². The van der Waals surface area contributed by atoms with Crippen LogP contribution in [0.1, 0.15) is 27.0 Å². The average molecular weight is 442 g/mol. The molecule has 0 saturated heterocycles. The van der Waals surface area contributed by atoms with Gasteiger partial charge in [0, 0.05) is 25.5 Å². The second-order valence-corrected chi connectivity index (χ2v) is 7.55. The zero-order valence-electron chi connectivity index (χ0n) is 17.2. The van der Waals surface area contributed by atoms with E-state index >= 15 is 0 Å². The van der Waals surface area contributed by atoms with Crippen LogP contribution in [0, 0.1) is 23.0 Å². The molecule has 0 radical (unpaired) electrons. The highest BCUT2D eigenvalue weighted by Gasteiger charge is 2.31. The van der Waals surface area contributed by atoms with Crippen molar-refractivity contribution in [2.45, 2.75) is 13.1 Å². The first kappa shape index (κ1) is 20.4. The summed E-state index contributed by atoms with van der Waals surface area (Å²) in [5.74, 6) is -2.89. The van der Waals surface area contributed by atoms with Gasteiger partial charge in [-0.15, -0.1) is 0 Å². The maximum atomic E-state index is 14.3. The molecule has 0 saturated carbocycles. The predicted molar refractivity (Wildman–Crippen MR) is 115 cm³/mol.